The minimum Gasteiger partial charge on any atom is -0.480 e. The second-order valence-corrected chi connectivity index (χ2v) is 7.54. The first kappa shape index (κ1) is 20.6. The van der Waals surface area contributed by atoms with E-state index in [0.717, 1.165) is 38.6 Å². The van der Waals surface area contributed by atoms with Gasteiger partial charge in [0.25, 0.3) is 0 Å². The second-order valence-electron chi connectivity index (χ2n) is 7.54. The Morgan fingerprint density at radius 2 is 1.77 bits per heavy atom. The quantitative estimate of drug-likeness (QED) is 0.434. The third-order valence-electron chi connectivity index (χ3n) is 5.38. The number of hydrogen-bond donors (Lipinski definition) is 5. The number of aliphatic carboxylic acids is 1. The average molecular weight is 369 g/mol. The number of carbonyl (C=O) groups excluding carboxylic acids is 2. The maximum atomic E-state index is 12.3. The van der Waals surface area contributed by atoms with Gasteiger partial charge in [-0.25, -0.2) is 4.79 Å². The lowest BCUT2D eigenvalue weighted by atomic mass is 9.83. The maximum absolute atomic E-state index is 12.3. The van der Waals surface area contributed by atoms with Crippen molar-refractivity contribution in [1.29, 1.82) is 0 Å². The van der Waals surface area contributed by atoms with Crippen LogP contribution in [0.2, 0.25) is 0 Å². The Bertz CT molecular complexity index is 499. The SMILES string of the molecule is C[C@H](NC(=O)[C@@H]1CCCCN1)C(=O)N[C@@H](CC1CCC(O)CC1)C(=O)O. The predicted molar refractivity (Wildman–Crippen MR) is 95.4 cm³/mol. The van der Waals surface area contributed by atoms with Gasteiger partial charge in [-0.3, -0.25) is 9.59 Å². The van der Waals surface area contributed by atoms with E-state index in [2.05, 4.69) is 16.0 Å². The highest BCUT2D eigenvalue weighted by Gasteiger charge is 2.30. The molecule has 2 rings (SSSR count). The summed E-state index contributed by atoms with van der Waals surface area (Å²) in [6.07, 6.45) is 5.68. The van der Waals surface area contributed by atoms with E-state index < -0.39 is 24.0 Å². The highest BCUT2D eigenvalue weighted by Crippen LogP contribution is 2.27. The van der Waals surface area contributed by atoms with Crippen LogP contribution in [0.15, 0.2) is 0 Å². The second kappa shape index (κ2) is 9.87. The first-order chi connectivity index (χ1) is 12.4. The normalized spacial score (nSPS) is 28.6. The molecule has 0 unspecified atom stereocenters. The van der Waals surface area contributed by atoms with Gasteiger partial charge in [-0.2, -0.15) is 0 Å². The molecule has 0 radical (unpaired) electrons. The van der Waals surface area contributed by atoms with Crippen molar-refractivity contribution in [1.82, 2.24) is 16.0 Å². The highest BCUT2D eigenvalue weighted by molar-refractivity contribution is 5.91. The van der Waals surface area contributed by atoms with Crippen LogP contribution in [0.25, 0.3) is 0 Å². The van der Waals surface area contributed by atoms with Crippen LogP contribution < -0.4 is 16.0 Å². The molecule has 0 aromatic heterocycles. The first-order valence-corrected chi connectivity index (χ1v) is 9.61. The average Bonchev–Trinajstić information content (AvgIpc) is 2.63. The van der Waals surface area contributed by atoms with Gasteiger partial charge in [-0.05, 0) is 64.3 Å². The summed E-state index contributed by atoms with van der Waals surface area (Å²) in [6.45, 7) is 2.35. The van der Waals surface area contributed by atoms with Crippen molar-refractivity contribution in [3.05, 3.63) is 0 Å². The van der Waals surface area contributed by atoms with E-state index in [4.69, 9.17) is 0 Å². The number of rotatable bonds is 7. The molecule has 1 saturated heterocycles. The van der Waals surface area contributed by atoms with Crippen molar-refractivity contribution in [3.8, 4) is 0 Å². The van der Waals surface area contributed by atoms with Gasteiger partial charge in [0.15, 0.2) is 0 Å². The molecule has 26 heavy (non-hydrogen) atoms. The Labute approximate surface area is 154 Å². The Kier molecular flexibility index (Phi) is 7.84. The molecule has 2 fully saturated rings. The Morgan fingerprint density at radius 3 is 2.35 bits per heavy atom. The van der Waals surface area contributed by atoms with Gasteiger partial charge in [-0.15, -0.1) is 0 Å². The summed E-state index contributed by atoms with van der Waals surface area (Å²) in [7, 11) is 0. The van der Waals surface area contributed by atoms with Crippen molar-refractivity contribution in [2.45, 2.75) is 82.5 Å². The van der Waals surface area contributed by atoms with Crippen LogP contribution >= 0.6 is 0 Å². The lowest BCUT2D eigenvalue weighted by Gasteiger charge is -2.28. The summed E-state index contributed by atoms with van der Waals surface area (Å²) < 4.78 is 0. The Balaban J connectivity index is 1.81. The summed E-state index contributed by atoms with van der Waals surface area (Å²) in [4.78, 5) is 36.0. The molecule has 0 aromatic rings. The third-order valence-corrected chi connectivity index (χ3v) is 5.38. The summed E-state index contributed by atoms with van der Waals surface area (Å²) in [6, 6.07) is -2.06. The molecule has 8 nitrogen and oxygen atoms in total. The fraction of sp³-hybridized carbons (Fsp3) is 0.833. The van der Waals surface area contributed by atoms with Gasteiger partial charge < -0.3 is 26.2 Å². The van der Waals surface area contributed by atoms with E-state index in [1.807, 2.05) is 0 Å². The number of piperidine rings is 1. The number of hydrogen-bond acceptors (Lipinski definition) is 5. The van der Waals surface area contributed by atoms with Crippen LogP contribution in [0, 0.1) is 5.92 Å². The predicted octanol–water partition coefficient (Wildman–Crippen LogP) is 0.144. The number of carbonyl (C=O) groups is 3. The number of aliphatic hydroxyl groups excluding tert-OH is 1. The molecule has 3 atom stereocenters. The van der Waals surface area contributed by atoms with E-state index >= 15 is 0 Å². The molecule has 1 heterocycles. The molecule has 148 valence electrons. The van der Waals surface area contributed by atoms with Crippen molar-refractivity contribution < 1.29 is 24.6 Å². The zero-order valence-electron chi connectivity index (χ0n) is 15.4. The molecule has 8 heteroatoms. The number of carboxylic acids is 1. The van der Waals surface area contributed by atoms with Gasteiger partial charge in [0, 0.05) is 0 Å². The van der Waals surface area contributed by atoms with E-state index in [1.165, 1.54) is 0 Å². The molecule has 0 bridgehead atoms. The van der Waals surface area contributed by atoms with E-state index in [1.54, 1.807) is 6.92 Å². The van der Waals surface area contributed by atoms with Gasteiger partial charge in [-0.1, -0.05) is 6.42 Å². The van der Waals surface area contributed by atoms with Crippen LogP contribution in [-0.4, -0.2) is 58.8 Å². The Hall–Kier alpha value is -1.67. The van der Waals surface area contributed by atoms with Gasteiger partial charge in [0.05, 0.1) is 12.1 Å². The van der Waals surface area contributed by atoms with Crippen LogP contribution in [0.1, 0.15) is 58.3 Å². The maximum Gasteiger partial charge on any atom is 0.326 e. The van der Waals surface area contributed by atoms with Crippen LogP contribution in [0.5, 0.6) is 0 Å². The van der Waals surface area contributed by atoms with Crippen molar-refractivity contribution >= 4 is 17.8 Å². The fourth-order valence-electron chi connectivity index (χ4n) is 3.69. The zero-order valence-corrected chi connectivity index (χ0v) is 15.4. The molecular formula is C18H31N3O5. The molecule has 0 aromatic carbocycles. The lowest BCUT2D eigenvalue weighted by molar-refractivity contribution is -0.142. The van der Waals surface area contributed by atoms with Gasteiger partial charge >= 0.3 is 5.97 Å². The summed E-state index contributed by atoms with van der Waals surface area (Å²) >= 11 is 0. The Morgan fingerprint density at radius 1 is 1.08 bits per heavy atom. The number of nitrogens with one attached hydrogen (secondary N) is 3. The summed E-state index contributed by atoms with van der Waals surface area (Å²) in [5, 5.41) is 27.3. The minimum absolute atomic E-state index is 0.177. The first-order valence-electron chi connectivity index (χ1n) is 9.61. The topological polar surface area (TPSA) is 128 Å². The molecule has 1 saturated carbocycles. The van der Waals surface area contributed by atoms with E-state index in [9.17, 15) is 24.6 Å². The van der Waals surface area contributed by atoms with Gasteiger partial charge in [0.2, 0.25) is 11.8 Å². The van der Waals surface area contributed by atoms with Crippen molar-refractivity contribution in [2.75, 3.05) is 6.54 Å². The molecule has 2 amide bonds. The molecular weight excluding hydrogens is 338 g/mol. The largest absolute Gasteiger partial charge is 0.480 e. The highest BCUT2D eigenvalue weighted by atomic mass is 16.4. The van der Waals surface area contributed by atoms with Crippen molar-refractivity contribution in [2.24, 2.45) is 5.92 Å². The fourth-order valence-corrected chi connectivity index (χ4v) is 3.69. The lowest BCUT2D eigenvalue weighted by Crippen LogP contribution is -2.55. The summed E-state index contributed by atoms with van der Waals surface area (Å²) in [5.74, 6) is -1.61. The van der Waals surface area contributed by atoms with Crippen LogP contribution in [0.4, 0.5) is 0 Å². The molecule has 1 aliphatic carbocycles. The van der Waals surface area contributed by atoms with E-state index in [0.29, 0.717) is 19.3 Å². The van der Waals surface area contributed by atoms with Gasteiger partial charge in [0.1, 0.15) is 12.1 Å². The van der Waals surface area contributed by atoms with Crippen LogP contribution in [0.3, 0.4) is 0 Å². The minimum atomic E-state index is -1.07. The molecule has 5 N–H and O–H groups in total. The smallest absolute Gasteiger partial charge is 0.326 e. The molecule has 1 aliphatic heterocycles. The molecule has 2 aliphatic rings. The number of amides is 2. The van der Waals surface area contributed by atoms with E-state index in [-0.39, 0.29) is 24.0 Å². The molecule has 0 spiro atoms. The van der Waals surface area contributed by atoms with Crippen LogP contribution in [-0.2, 0) is 14.4 Å². The zero-order chi connectivity index (χ0) is 19.1. The monoisotopic (exact) mass is 369 g/mol. The standard InChI is InChI=1S/C18H31N3O5/c1-11(20-17(24)14-4-2-3-9-19-14)16(23)21-15(18(25)26)10-12-5-7-13(22)8-6-12/h11-15,19,22H,2-10H2,1H3,(H,20,24)(H,21,23)(H,25,26)/t11-,12?,13?,14-,15-/m0/s1. The summed E-state index contributed by atoms with van der Waals surface area (Å²) in [5.41, 5.74) is 0. The number of carboxylic acid groups (broad SMARTS) is 1. The third kappa shape index (κ3) is 6.25. The number of aliphatic hydroxyl groups is 1. The van der Waals surface area contributed by atoms with Crippen molar-refractivity contribution in [3.63, 3.8) is 0 Å².